The topological polar surface area (TPSA) is 27.6 Å². The van der Waals surface area contributed by atoms with Gasteiger partial charge in [-0.2, -0.15) is 0 Å². The van der Waals surface area contributed by atoms with E-state index in [1.807, 2.05) is 0 Å². The van der Waals surface area contributed by atoms with Crippen molar-refractivity contribution in [3.8, 4) is 0 Å². The van der Waals surface area contributed by atoms with Crippen molar-refractivity contribution >= 4 is 11.4 Å². The summed E-state index contributed by atoms with van der Waals surface area (Å²) in [5.41, 5.74) is 7.29. The zero-order valence-corrected chi connectivity index (χ0v) is 16.0. The molecule has 0 fully saturated rings. The molecule has 1 aromatic carbocycles. The van der Waals surface area contributed by atoms with Crippen molar-refractivity contribution in [2.75, 3.05) is 31.5 Å². The van der Waals surface area contributed by atoms with Crippen LogP contribution in [0.25, 0.3) is 0 Å². The highest BCUT2D eigenvalue weighted by atomic mass is 15.1. The first-order chi connectivity index (χ1) is 10.9. The molecular weight excluding hydrogens is 282 g/mol. The molecule has 0 atom stereocenters. The monoisotopic (exact) mass is 315 g/mol. The van der Waals surface area contributed by atoms with Gasteiger partial charge in [0.1, 0.15) is 0 Å². The number of anilines is 1. The molecule has 1 aromatic rings. The fourth-order valence-corrected chi connectivity index (χ4v) is 2.88. The normalized spacial score (nSPS) is 12.9. The van der Waals surface area contributed by atoms with E-state index in [-0.39, 0.29) is 0 Å². The Morgan fingerprint density at radius 2 is 1.65 bits per heavy atom. The number of aliphatic imine (C=N–C) groups is 1. The molecular formula is C20H33N3. The number of hydrogen-bond donors (Lipinski definition) is 1. The summed E-state index contributed by atoms with van der Waals surface area (Å²) >= 11 is 0. The van der Waals surface area contributed by atoms with Gasteiger partial charge in [0.15, 0.2) is 0 Å². The summed E-state index contributed by atoms with van der Waals surface area (Å²) in [6.07, 6.45) is 2.13. The lowest BCUT2D eigenvalue weighted by molar-refractivity contribution is 0.313. The molecule has 23 heavy (non-hydrogen) atoms. The van der Waals surface area contributed by atoms with Crippen LogP contribution in [0, 0.1) is 20.8 Å². The molecule has 1 N–H and O–H groups in total. The molecule has 0 saturated carbocycles. The summed E-state index contributed by atoms with van der Waals surface area (Å²) < 4.78 is 0. The number of allylic oxidation sites excluding steroid dienone is 2. The molecule has 0 spiro atoms. The van der Waals surface area contributed by atoms with Crippen LogP contribution in [0.15, 0.2) is 28.9 Å². The van der Waals surface area contributed by atoms with Crippen LogP contribution in [0.4, 0.5) is 5.69 Å². The lowest BCUT2D eigenvalue weighted by atomic mass is 10.0. The van der Waals surface area contributed by atoms with Crippen molar-refractivity contribution in [2.24, 2.45) is 4.99 Å². The molecule has 3 heteroatoms. The number of benzene rings is 1. The number of hydrogen-bond acceptors (Lipinski definition) is 3. The molecule has 0 amide bonds. The Bertz CT molecular complexity index is 543. The van der Waals surface area contributed by atoms with Crippen LogP contribution in [-0.4, -0.2) is 36.8 Å². The SMILES string of the molecule is CCN(CC)CCN=C(C)/C=C(/C)Nc1c(C)cc(C)cc1C. The fraction of sp³-hybridized carbons (Fsp3) is 0.550. The average molecular weight is 316 g/mol. The van der Waals surface area contributed by atoms with E-state index in [1.54, 1.807) is 0 Å². The van der Waals surface area contributed by atoms with Crippen molar-refractivity contribution in [2.45, 2.75) is 48.5 Å². The summed E-state index contributed by atoms with van der Waals surface area (Å²) in [5.74, 6) is 0. The van der Waals surface area contributed by atoms with E-state index in [4.69, 9.17) is 0 Å². The van der Waals surface area contributed by atoms with E-state index in [0.717, 1.165) is 37.6 Å². The van der Waals surface area contributed by atoms with E-state index < -0.39 is 0 Å². The maximum absolute atomic E-state index is 4.66. The second-order valence-corrected chi connectivity index (χ2v) is 6.28. The maximum Gasteiger partial charge on any atom is 0.0519 e. The lowest BCUT2D eigenvalue weighted by Gasteiger charge is -2.16. The highest BCUT2D eigenvalue weighted by Crippen LogP contribution is 2.23. The summed E-state index contributed by atoms with van der Waals surface area (Å²) in [7, 11) is 0. The smallest absolute Gasteiger partial charge is 0.0519 e. The molecule has 0 unspecified atom stereocenters. The fourth-order valence-electron chi connectivity index (χ4n) is 2.88. The van der Waals surface area contributed by atoms with Gasteiger partial charge in [0, 0.05) is 23.6 Å². The largest absolute Gasteiger partial charge is 0.359 e. The molecule has 0 aliphatic heterocycles. The first-order valence-electron chi connectivity index (χ1n) is 8.63. The van der Waals surface area contributed by atoms with Crippen molar-refractivity contribution in [3.05, 3.63) is 40.6 Å². The first-order valence-corrected chi connectivity index (χ1v) is 8.63. The number of aryl methyl sites for hydroxylation is 3. The van der Waals surface area contributed by atoms with Crippen molar-refractivity contribution < 1.29 is 0 Å². The second kappa shape index (κ2) is 9.51. The van der Waals surface area contributed by atoms with Crippen molar-refractivity contribution in [1.82, 2.24) is 4.90 Å². The van der Waals surface area contributed by atoms with E-state index >= 15 is 0 Å². The summed E-state index contributed by atoms with van der Waals surface area (Å²) in [6.45, 7) is 19.1. The quantitative estimate of drug-likeness (QED) is 0.702. The molecule has 0 bridgehead atoms. The molecule has 1 rings (SSSR count). The molecule has 0 radical (unpaired) electrons. The Morgan fingerprint density at radius 3 is 2.17 bits per heavy atom. The average Bonchev–Trinajstić information content (AvgIpc) is 2.47. The van der Waals surface area contributed by atoms with E-state index in [9.17, 15) is 0 Å². The molecule has 3 nitrogen and oxygen atoms in total. The standard InChI is InChI=1S/C20H33N3/c1-8-23(9-2)11-10-21-18(6)14-19(7)22-20-16(4)12-15(3)13-17(20)5/h12-14,22H,8-11H2,1-7H3/b19-14-,21-18?. The zero-order valence-electron chi connectivity index (χ0n) is 16.0. The Balaban J connectivity index is 2.70. The van der Waals surface area contributed by atoms with Gasteiger partial charge in [-0.3, -0.25) is 4.99 Å². The minimum absolute atomic E-state index is 0.861. The molecule has 128 valence electrons. The van der Waals surface area contributed by atoms with Crippen LogP contribution >= 0.6 is 0 Å². The van der Waals surface area contributed by atoms with Gasteiger partial charge < -0.3 is 10.2 Å². The molecule has 0 heterocycles. The summed E-state index contributed by atoms with van der Waals surface area (Å²) in [4.78, 5) is 7.05. The van der Waals surface area contributed by atoms with Gasteiger partial charge in [-0.15, -0.1) is 0 Å². The third kappa shape index (κ3) is 6.57. The highest BCUT2D eigenvalue weighted by Gasteiger charge is 2.04. The lowest BCUT2D eigenvalue weighted by Crippen LogP contribution is -2.25. The van der Waals surface area contributed by atoms with Crippen LogP contribution in [-0.2, 0) is 0 Å². The third-order valence-electron chi connectivity index (χ3n) is 4.10. The van der Waals surface area contributed by atoms with Gasteiger partial charge >= 0.3 is 0 Å². The summed E-state index contributed by atoms with van der Waals surface area (Å²) in [6, 6.07) is 4.43. The molecule has 0 aliphatic rings. The maximum atomic E-state index is 4.66. The predicted octanol–water partition coefficient (Wildman–Crippen LogP) is 4.73. The Morgan fingerprint density at radius 1 is 1.09 bits per heavy atom. The van der Waals surface area contributed by atoms with Gasteiger partial charge in [-0.05, 0) is 64.9 Å². The van der Waals surface area contributed by atoms with Crippen LogP contribution in [0.3, 0.4) is 0 Å². The van der Waals surface area contributed by atoms with Crippen molar-refractivity contribution in [3.63, 3.8) is 0 Å². The van der Waals surface area contributed by atoms with Gasteiger partial charge in [0.25, 0.3) is 0 Å². The molecule has 0 saturated heterocycles. The van der Waals surface area contributed by atoms with Crippen molar-refractivity contribution in [1.29, 1.82) is 0 Å². The van der Waals surface area contributed by atoms with E-state index in [1.165, 1.54) is 22.4 Å². The van der Waals surface area contributed by atoms with Crippen LogP contribution in [0.2, 0.25) is 0 Å². The first kappa shape index (κ1) is 19.4. The second-order valence-electron chi connectivity index (χ2n) is 6.28. The molecule has 0 aromatic heterocycles. The third-order valence-corrected chi connectivity index (χ3v) is 4.10. The summed E-state index contributed by atoms with van der Waals surface area (Å²) in [5, 5.41) is 3.53. The minimum Gasteiger partial charge on any atom is -0.359 e. The van der Waals surface area contributed by atoms with E-state index in [2.05, 4.69) is 81.9 Å². The predicted molar refractivity (Wildman–Crippen MR) is 104 cm³/mol. The Hall–Kier alpha value is -1.61. The number of nitrogens with zero attached hydrogens (tertiary/aromatic N) is 2. The highest BCUT2D eigenvalue weighted by molar-refractivity contribution is 5.93. The minimum atomic E-state index is 0.861. The molecule has 0 aliphatic carbocycles. The number of rotatable bonds is 8. The Labute approximate surface area is 142 Å². The van der Waals surface area contributed by atoms with Gasteiger partial charge in [0.05, 0.1) is 6.54 Å². The van der Waals surface area contributed by atoms with Gasteiger partial charge in [0.2, 0.25) is 0 Å². The Kier molecular flexibility index (Phi) is 8.04. The van der Waals surface area contributed by atoms with Crippen LogP contribution in [0.1, 0.15) is 44.4 Å². The number of likely N-dealkylation sites (N-methyl/N-ethyl adjacent to an activating group) is 1. The number of nitrogens with one attached hydrogen (secondary N) is 1. The van der Waals surface area contributed by atoms with Crippen LogP contribution in [0.5, 0.6) is 0 Å². The zero-order chi connectivity index (χ0) is 17.4. The van der Waals surface area contributed by atoms with Gasteiger partial charge in [-0.25, -0.2) is 0 Å². The van der Waals surface area contributed by atoms with Crippen LogP contribution < -0.4 is 5.32 Å². The van der Waals surface area contributed by atoms with Gasteiger partial charge in [-0.1, -0.05) is 31.5 Å². The van der Waals surface area contributed by atoms with E-state index in [0.29, 0.717) is 0 Å².